The zero-order valence-electron chi connectivity index (χ0n) is 11.8. The van der Waals surface area contributed by atoms with E-state index in [1.807, 2.05) is 29.6 Å². The van der Waals surface area contributed by atoms with Gasteiger partial charge in [-0.05, 0) is 18.2 Å². The van der Waals surface area contributed by atoms with Crippen molar-refractivity contribution in [2.75, 3.05) is 0 Å². The number of rotatable bonds is 5. The van der Waals surface area contributed by atoms with Crippen LogP contribution in [0.5, 0.6) is 5.75 Å². The number of aromatic nitrogens is 1. The van der Waals surface area contributed by atoms with E-state index >= 15 is 0 Å². The number of benzene rings is 2. The van der Waals surface area contributed by atoms with Crippen LogP contribution in [0.2, 0.25) is 5.02 Å². The highest BCUT2D eigenvalue weighted by atomic mass is 35.5. The summed E-state index contributed by atoms with van der Waals surface area (Å²) in [5.74, 6) is 0.235. The Kier molecular flexibility index (Phi) is 4.55. The number of hydrogen-bond donors (Lipinski definition) is 0. The van der Waals surface area contributed by atoms with Gasteiger partial charge in [0, 0.05) is 22.0 Å². The molecule has 0 saturated carbocycles. The lowest BCUT2D eigenvalue weighted by Gasteiger charge is -2.04. The Bertz CT molecular complexity index is 833. The van der Waals surface area contributed by atoms with E-state index < -0.39 is 4.92 Å². The van der Waals surface area contributed by atoms with Crippen molar-refractivity contribution >= 4 is 28.6 Å². The van der Waals surface area contributed by atoms with Gasteiger partial charge in [0.1, 0.15) is 11.6 Å². The van der Waals surface area contributed by atoms with Gasteiger partial charge in [-0.3, -0.25) is 10.1 Å². The van der Waals surface area contributed by atoms with Gasteiger partial charge in [0.25, 0.3) is 0 Å². The van der Waals surface area contributed by atoms with Crippen molar-refractivity contribution in [3.05, 3.63) is 74.7 Å². The monoisotopic (exact) mass is 346 g/mol. The molecule has 0 fully saturated rings. The van der Waals surface area contributed by atoms with Crippen molar-refractivity contribution in [3.8, 4) is 16.3 Å². The van der Waals surface area contributed by atoms with Crippen molar-refractivity contribution in [3.63, 3.8) is 0 Å². The number of nitro benzene ring substituents is 1. The topological polar surface area (TPSA) is 65.3 Å². The summed E-state index contributed by atoms with van der Waals surface area (Å²) in [5.41, 5.74) is 1.63. The molecule has 2 aromatic carbocycles. The molecule has 0 unspecified atom stereocenters. The summed E-state index contributed by atoms with van der Waals surface area (Å²) >= 11 is 7.36. The normalized spacial score (nSPS) is 10.5. The van der Waals surface area contributed by atoms with E-state index in [1.165, 1.54) is 17.4 Å². The first-order valence-electron chi connectivity index (χ1n) is 6.70. The first kappa shape index (κ1) is 15.5. The van der Waals surface area contributed by atoms with Gasteiger partial charge in [-0.15, -0.1) is 11.3 Å². The van der Waals surface area contributed by atoms with E-state index in [9.17, 15) is 10.1 Å². The lowest BCUT2D eigenvalue weighted by atomic mass is 10.2. The second kappa shape index (κ2) is 6.76. The summed E-state index contributed by atoms with van der Waals surface area (Å²) < 4.78 is 5.53. The van der Waals surface area contributed by atoms with Crippen LogP contribution in [0.1, 0.15) is 5.69 Å². The molecule has 3 aromatic rings. The molecule has 0 atom stereocenters. The Hall–Kier alpha value is -2.44. The number of thiazole rings is 1. The standard InChI is InChI=1S/C16H11ClN2O3S/c17-12-7-5-11(6-8-12)16-18-13(10-23-16)9-22-15-4-2-1-3-14(15)19(20)21/h1-8,10H,9H2. The van der Waals surface area contributed by atoms with Gasteiger partial charge >= 0.3 is 5.69 Å². The lowest BCUT2D eigenvalue weighted by molar-refractivity contribution is -0.385. The summed E-state index contributed by atoms with van der Waals surface area (Å²) in [4.78, 5) is 15.0. The zero-order chi connectivity index (χ0) is 16.2. The van der Waals surface area contributed by atoms with E-state index in [0.29, 0.717) is 5.02 Å². The molecule has 7 heteroatoms. The predicted molar refractivity (Wildman–Crippen MR) is 90.0 cm³/mol. The third kappa shape index (κ3) is 3.67. The van der Waals surface area contributed by atoms with E-state index in [0.717, 1.165) is 16.3 Å². The van der Waals surface area contributed by atoms with Crippen LogP contribution >= 0.6 is 22.9 Å². The summed E-state index contributed by atoms with van der Waals surface area (Å²) in [6.07, 6.45) is 0. The van der Waals surface area contributed by atoms with Crippen molar-refractivity contribution in [1.29, 1.82) is 0 Å². The molecule has 3 rings (SSSR count). The van der Waals surface area contributed by atoms with Gasteiger partial charge < -0.3 is 4.74 Å². The highest BCUT2D eigenvalue weighted by Crippen LogP contribution is 2.28. The molecule has 0 spiro atoms. The maximum absolute atomic E-state index is 11.0. The Morgan fingerprint density at radius 1 is 1.17 bits per heavy atom. The summed E-state index contributed by atoms with van der Waals surface area (Å²) in [6, 6.07) is 13.7. The molecular weight excluding hydrogens is 336 g/mol. The van der Waals surface area contributed by atoms with Crippen LogP contribution in [0, 0.1) is 10.1 Å². The molecule has 116 valence electrons. The molecule has 1 aromatic heterocycles. The maximum atomic E-state index is 11.0. The van der Waals surface area contributed by atoms with E-state index in [1.54, 1.807) is 18.2 Å². The molecule has 0 amide bonds. The van der Waals surface area contributed by atoms with E-state index in [4.69, 9.17) is 16.3 Å². The van der Waals surface area contributed by atoms with Crippen LogP contribution in [-0.2, 0) is 6.61 Å². The number of halogens is 1. The molecular formula is C16H11ClN2O3S. The van der Waals surface area contributed by atoms with Crippen molar-refractivity contribution < 1.29 is 9.66 Å². The van der Waals surface area contributed by atoms with Crippen LogP contribution in [-0.4, -0.2) is 9.91 Å². The number of hydrogen-bond acceptors (Lipinski definition) is 5. The Morgan fingerprint density at radius 2 is 1.91 bits per heavy atom. The number of nitrogens with zero attached hydrogens (tertiary/aromatic N) is 2. The Balaban J connectivity index is 1.73. The second-order valence-corrected chi connectivity index (χ2v) is 5.96. The molecule has 1 heterocycles. The molecule has 23 heavy (non-hydrogen) atoms. The van der Waals surface area contributed by atoms with Gasteiger partial charge in [-0.1, -0.05) is 35.9 Å². The van der Waals surface area contributed by atoms with Crippen LogP contribution in [0.3, 0.4) is 0 Å². The van der Waals surface area contributed by atoms with Crippen LogP contribution in [0.15, 0.2) is 53.9 Å². The summed E-state index contributed by atoms with van der Waals surface area (Å²) in [5, 5.41) is 14.3. The van der Waals surface area contributed by atoms with Gasteiger partial charge in [0.05, 0.1) is 10.6 Å². The lowest BCUT2D eigenvalue weighted by Crippen LogP contribution is -1.99. The first-order valence-corrected chi connectivity index (χ1v) is 7.96. The minimum atomic E-state index is -0.463. The first-order chi connectivity index (χ1) is 11.1. The third-order valence-electron chi connectivity index (χ3n) is 3.08. The van der Waals surface area contributed by atoms with E-state index in [2.05, 4.69) is 4.98 Å². The molecule has 0 aliphatic rings. The fraction of sp³-hybridized carbons (Fsp3) is 0.0625. The Morgan fingerprint density at radius 3 is 2.65 bits per heavy atom. The van der Waals surface area contributed by atoms with Crippen molar-refractivity contribution in [2.45, 2.75) is 6.61 Å². The molecule has 0 bridgehead atoms. The smallest absolute Gasteiger partial charge is 0.310 e. The summed E-state index contributed by atoms with van der Waals surface area (Å²) in [6.45, 7) is 0.176. The number of para-hydroxylation sites is 2. The molecule has 0 saturated heterocycles. The van der Waals surface area contributed by atoms with Crippen LogP contribution < -0.4 is 4.74 Å². The van der Waals surface area contributed by atoms with Crippen molar-refractivity contribution in [1.82, 2.24) is 4.98 Å². The quantitative estimate of drug-likeness (QED) is 0.484. The third-order valence-corrected chi connectivity index (χ3v) is 4.27. The largest absolute Gasteiger partial charge is 0.480 e. The number of nitro groups is 1. The molecule has 0 aliphatic heterocycles. The molecule has 0 N–H and O–H groups in total. The van der Waals surface area contributed by atoms with Gasteiger partial charge in [-0.2, -0.15) is 0 Å². The molecule has 0 radical (unpaired) electrons. The predicted octanol–water partition coefficient (Wildman–Crippen LogP) is 4.95. The minimum absolute atomic E-state index is 0.0549. The molecule has 5 nitrogen and oxygen atoms in total. The van der Waals surface area contributed by atoms with Gasteiger partial charge in [0.2, 0.25) is 0 Å². The average molecular weight is 347 g/mol. The highest BCUT2D eigenvalue weighted by Gasteiger charge is 2.14. The Labute approximate surface area is 141 Å². The zero-order valence-corrected chi connectivity index (χ0v) is 13.4. The SMILES string of the molecule is O=[N+]([O-])c1ccccc1OCc1csc(-c2ccc(Cl)cc2)n1. The highest BCUT2D eigenvalue weighted by molar-refractivity contribution is 7.13. The maximum Gasteiger partial charge on any atom is 0.310 e. The summed E-state index contributed by atoms with van der Waals surface area (Å²) in [7, 11) is 0. The fourth-order valence-corrected chi connectivity index (χ4v) is 2.92. The van der Waals surface area contributed by atoms with Crippen LogP contribution in [0.25, 0.3) is 10.6 Å². The fourth-order valence-electron chi connectivity index (χ4n) is 1.98. The van der Waals surface area contributed by atoms with Crippen LogP contribution in [0.4, 0.5) is 5.69 Å². The number of ether oxygens (including phenoxy) is 1. The van der Waals surface area contributed by atoms with E-state index in [-0.39, 0.29) is 18.0 Å². The molecule has 0 aliphatic carbocycles. The second-order valence-electron chi connectivity index (χ2n) is 4.66. The minimum Gasteiger partial charge on any atom is -0.480 e. The average Bonchev–Trinajstić information content (AvgIpc) is 3.03. The van der Waals surface area contributed by atoms with Crippen molar-refractivity contribution in [2.24, 2.45) is 0 Å². The van der Waals surface area contributed by atoms with Gasteiger partial charge in [-0.25, -0.2) is 4.98 Å². The van der Waals surface area contributed by atoms with Gasteiger partial charge in [0.15, 0.2) is 5.75 Å².